The number of nitriles is 1. The smallest absolute Gasteiger partial charge is 0.252 e. The molecule has 0 aliphatic rings. The highest BCUT2D eigenvalue weighted by Gasteiger charge is 2.14. The first-order valence-electron chi connectivity index (χ1n) is 6.86. The number of amides is 1. The first kappa shape index (κ1) is 14.7. The summed E-state index contributed by atoms with van der Waals surface area (Å²) in [6.07, 6.45) is 3.23. The molecule has 1 aromatic carbocycles. The number of hydrogen-bond donors (Lipinski definition) is 1. The van der Waals surface area contributed by atoms with Crippen molar-refractivity contribution in [3.63, 3.8) is 0 Å². The van der Waals surface area contributed by atoms with E-state index in [0.29, 0.717) is 0 Å². The summed E-state index contributed by atoms with van der Waals surface area (Å²) in [5.74, 6) is -0.0809. The van der Waals surface area contributed by atoms with Crippen LogP contribution in [-0.2, 0) is 11.3 Å². The maximum Gasteiger partial charge on any atom is 0.252 e. The Hall–Kier alpha value is -2.68. The van der Waals surface area contributed by atoms with Crippen LogP contribution in [0.5, 0.6) is 0 Å². The zero-order valence-electron chi connectivity index (χ0n) is 11.9. The van der Waals surface area contributed by atoms with Gasteiger partial charge in [-0.2, -0.15) is 5.26 Å². The molecule has 0 aliphatic carbocycles. The lowest BCUT2D eigenvalue weighted by atomic mass is 10.0. The molecule has 0 fully saturated rings. The molecule has 0 aliphatic heterocycles. The molecule has 1 aromatic heterocycles. The van der Waals surface area contributed by atoms with Crippen LogP contribution in [0.2, 0.25) is 0 Å². The van der Waals surface area contributed by atoms with E-state index in [9.17, 15) is 4.79 Å². The molecule has 108 valence electrons. The molecule has 21 heavy (non-hydrogen) atoms. The average molecular weight is 283 g/mol. The van der Waals surface area contributed by atoms with Crippen LogP contribution in [0.4, 0.5) is 0 Å². The molecular formula is C15H17N5O. The summed E-state index contributed by atoms with van der Waals surface area (Å²) in [6, 6.07) is 11.7. The van der Waals surface area contributed by atoms with Crippen LogP contribution in [-0.4, -0.2) is 20.7 Å². The molecule has 1 unspecified atom stereocenters. The van der Waals surface area contributed by atoms with Crippen molar-refractivity contribution >= 4 is 5.91 Å². The fourth-order valence-electron chi connectivity index (χ4n) is 2.11. The molecule has 1 amide bonds. The van der Waals surface area contributed by atoms with Crippen LogP contribution >= 0.6 is 0 Å². The van der Waals surface area contributed by atoms with Crippen LogP contribution < -0.4 is 5.32 Å². The predicted molar refractivity (Wildman–Crippen MR) is 77.0 cm³/mol. The van der Waals surface area contributed by atoms with Gasteiger partial charge in [-0.15, -0.1) is 5.10 Å². The second kappa shape index (κ2) is 7.20. The van der Waals surface area contributed by atoms with Crippen molar-refractivity contribution in [1.29, 1.82) is 5.26 Å². The number of hydrogen-bond acceptors (Lipinski definition) is 4. The van der Waals surface area contributed by atoms with E-state index < -0.39 is 0 Å². The lowest BCUT2D eigenvalue weighted by Crippen LogP contribution is -2.31. The number of benzene rings is 1. The highest BCUT2D eigenvalue weighted by Crippen LogP contribution is 2.17. The predicted octanol–water partition coefficient (Wildman–Crippen LogP) is 1.81. The van der Waals surface area contributed by atoms with E-state index in [1.165, 1.54) is 11.0 Å². The van der Waals surface area contributed by atoms with Crippen LogP contribution in [0.15, 0.2) is 36.7 Å². The molecular weight excluding hydrogens is 266 g/mol. The van der Waals surface area contributed by atoms with Gasteiger partial charge >= 0.3 is 0 Å². The van der Waals surface area contributed by atoms with Crippen molar-refractivity contribution in [1.82, 2.24) is 20.1 Å². The Labute approximate surface area is 123 Å². The van der Waals surface area contributed by atoms with Gasteiger partial charge < -0.3 is 5.32 Å². The van der Waals surface area contributed by atoms with E-state index in [1.807, 2.05) is 36.4 Å². The fourth-order valence-corrected chi connectivity index (χ4v) is 2.11. The lowest BCUT2D eigenvalue weighted by Gasteiger charge is -2.18. The monoisotopic (exact) mass is 283 g/mol. The van der Waals surface area contributed by atoms with Crippen LogP contribution in [0.25, 0.3) is 0 Å². The van der Waals surface area contributed by atoms with Crippen molar-refractivity contribution in [2.75, 3.05) is 0 Å². The fraction of sp³-hybridized carbons (Fsp3) is 0.333. The third-order valence-corrected chi connectivity index (χ3v) is 3.06. The van der Waals surface area contributed by atoms with Gasteiger partial charge in [0.25, 0.3) is 5.82 Å². The molecule has 0 saturated carbocycles. The zero-order chi connectivity index (χ0) is 15.1. The highest BCUT2D eigenvalue weighted by atomic mass is 16.2. The Kier molecular flexibility index (Phi) is 5.04. The largest absolute Gasteiger partial charge is 0.348 e. The van der Waals surface area contributed by atoms with Crippen LogP contribution in [0.1, 0.15) is 37.2 Å². The third kappa shape index (κ3) is 4.14. The van der Waals surface area contributed by atoms with E-state index in [-0.39, 0.29) is 24.3 Å². The zero-order valence-corrected chi connectivity index (χ0v) is 11.9. The van der Waals surface area contributed by atoms with Crippen LogP contribution in [0, 0.1) is 11.3 Å². The molecule has 0 saturated heterocycles. The Bertz CT molecular complexity index is 629. The number of carbonyl (C=O) groups is 1. The molecule has 0 bridgehead atoms. The molecule has 1 heterocycles. The second-order valence-corrected chi connectivity index (χ2v) is 4.70. The molecule has 1 N–H and O–H groups in total. The van der Waals surface area contributed by atoms with Crippen molar-refractivity contribution < 1.29 is 4.79 Å². The average Bonchev–Trinajstić information content (AvgIpc) is 2.95. The minimum Gasteiger partial charge on any atom is -0.348 e. The van der Waals surface area contributed by atoms with Crippen molar-refractivity contribution in [2.45, 2.75) is 32.4 Å². The first-order chi connectivity index (χ1) is 10.2. The summed E-state index contributed by atoms with van der Waals surface area (Å²) in [5, 5.41) is 15.5. The Balaban J connectivity index is 2.00. The van der Waals surface area contributed by atoms with E-state index in [4.69, 9.17) is 5.26 Å². The Morgan fingerprint density at radius 2 is 2.19 bits per heavy atom. The number of nitrogens with zero attached hydrogens (tertiary/aromatic N) is 4. The summed E-state index contributed by atoms with van der Waals surface area (Å²) < 4.78 is 1.36. The normalized spacial score (nSPS) is 11.6. The van der Waals surface area contributed by atoms with Gasteiger partial charge in [-0.25, -0.2) is 9.67 Å². The highest BCUT2D eigenvalue weighted by molar-refractivity contribution is 5.76. The Morgan fingerprint density at radius 3 is 2.81 bits per heavy atom. The van der Waals surface area contributed by atoms with Gasteiger partial charge in [0.1, 0.15) is 18.9 Å². The standard InChI is InChI=1S/C15H17N5O/c1-2-6-13(12-7-4-3-5-8-12)18-15(21)10-20-11-17-14(9-16)19-20/h3-5,7-8,11,13H,2,6,10H2,1H3,(H,18,21). The van der Waals surface area contributed by atoms with Gasteiger partial charge in [0, 0.05) is 0 Å². The molecule has 0 spiro atoms. The Morgan fingerprint density at radius 1 is 1.43 bits per heavy atom. The third-order valence-electron chi connectivity index (χ3n) is 3.06. The van der Waals surface area contributed by atoms with Gasteiger partial charge in [0.15, 0.2) is 0 Å². The van der Waals surface area contributed by atoms with Gasteiger partial charge in [-0.1, -0.05) is 43.7 Å². The number of nitrogens with one attached hydrogen (secondary N) is 1. The van der Waals surface area contributed by atoms with Gasteiger partial charge in [-0.05, 0) is 12.0 Å². The summed E-state index contributed by atoms with van der Waals surface area (Å²) in [6.45, 7) is 2.14. The molecule has 6 heteroatoms. The van der Waals surface area contributed by atoms with E-state index in [2.05, 4.69) is 22.3 Å². The molecule has 0 radical (unpaired) electrons. The van der Waals surface area contributed by atoms with Crippen molar-refractivity contribution in [3.8, 4) is 6.07 Å². The van der Waals surface area contributed by atoms with E-state index in [0.717, 1.165) is 18.4 Å². The van der Waals surface area contributed by atoms with Gasteiger partial charge in [0.05, 0.1) is 6.04 Å². The van der Waals surface area contributed by atoms with E-state index in [1.54, 1.807) is 0 Å². The van der Waals surface area contributed by atoms with E-state index >= 15 is 0 Å². The van der Waals surface area contributed by atoms with Gasteiger partial charge in [0.2, 0.25) is 5.91 Å². The maximum atomic E-state index is 12.1. The number of carbonyl (C=O) groups excluding carboxylic acids is 1. The molecule has 1 atom stereocenters. The lowest BCUT2D eigenvalue weighted by molar-refractivity contribution is -0.122. The van der Waals surface area contributed by atoms with Gasteiger partial charge in [-0.3, -0.25) is 4.79 Å². The SMILES string of the molecule is CCCC(NC(=O)Cn1cnc(C#N)n1)c1ccccc1. The van der Waals surface area contributed by atoms with Crippen LogP contribution in [0.3, 0.4) is 0 Å². The minimum absolute atomic E-state index is 0.0114. The topological polar surface area (TPSA) is 83.6 Å². The molecule has 2 rings (SSSR count). The first-order valence-corrected chi connectivity index (χ1v) is 6.86. The van der Waals surface area contributed by atoms with Crippen molar-refractivity contribution in [2.24, 2.45) is 0 Å². The maximum absolute atomic E-state index is 12.1. The number of rotatable bonds is 6. The molecule has 6 nitrogen and oxygen atoms in total. The van der Waals surface area contributed by atoms with Crippen molar-refractivity contribution in [3.05, 3.63) is 48.0 Å². The summed E-state index contributed by atoms with van der Waals surface area (Å²) in [7, 11) is 0. The summed E-state index contributed by atoms with van der Waals surface area (Å²) in [4.78, 5) is 15.9. The summed E-state index contributed by atoms with van der Waals surface area (Å²) >= 11 is 0. The summed E-state index contributed by atoms with van der Waals surface area (Å²) in [5.41, 5.74) is 1.09. The quantitative estimate of drug-likeness (QED) is 0.876. The minimum atomic E-state index is -0.147. The number of aromatic nitrogens is 3. The second-order valence-electron chi connectivity index (χ2n) is 4.70. The molecule has 2 aromatic rings.